The average Bonchev–Trinajstić information content (AvgIpc) is 2.44. The number of benzene rings is 2. The zero-order valence-electron chi connectivity index (χ0n) is 12.7. The average molecular weight is 356 g/mol. The molecule has 0 aliphatic rings. The summed E-state index contributed by atoms with van der Waals surface area (Å²) in [5.74, 6) is -5.75. The molecule has 0 fully saturated rings. The Bertz CT molecular complexity index is 686. The van der Waals surface area contributed by atoms with Gasteiger partial charge in [0, 0.05) is 49.2 Å². The van der Waals surface area contributed by atoms with Gasteiger partial charge in [0.05, 0.1) is 0 Å². The predicted octanol–water partition coefficient (Wildman–Crippen LogP) is 3.92. The van der Waals surface area contributed by atoms with Crippen molar-refractivity contribution in [3.8, 4) is 11.5 Å². The summed E-state index contributed by atoms with van der Waals surface area (Å²) in [6, 6.07) is 4.62. The first kappa shape index (κ1) is 18.4. The number of carbonyl (C=O) groups excluding carboxylic acids is 2. The molecule has 0 radical (unpaired) electrons. The third-order valence-electron chi connectivity index (χ3n) is 2.90. The predicted molar refractivity (Wildman–Crippen MR) is 77.8 cm³/mol. The molecule has 0 aromatic heterocycles. The number of carbonyl (C=O) groups is 2. The lowest BCUT2D eigenvalue weighted by atomic mass is 10.2. The Morgan fingerprint density at radius 2 is 0.960 bits per heavy atom. The standard InChI is InChI=1S/C17H12F4O4/c18-10-4-11(19)7-14(6-10)24-16(22)2-1-3-17(23)25-15-8-12(20)5-13(21)9-15/h4-9H,1-3H2. The van der Waals surface area contributed by atoms with E-state index in [-0.39, 0.29) is 30.8 Å². The molecule has 0 atom stereocenters. The molecule has 0 spiro atoms. The molecule has 0 unspecified atom stereocenters. The fourth-order valence-corrected chi connectivity index (χ4v) is 1.92. The van der Waals surface area contributed by atoms with E-state index in [0.717, 1.165) is 24.3 Å². The van der Waals surface area contributed by atoms with Crippen LogP contribution in [0.2, 0.25) is 0 Å². The van der Waals surface area contributed by atoms with E-state index >= 15 is 0 Å². The van der Waals surface area contributed by atoms with E-state index in [2.05, 4.69) is 0 Å². The van der Waals surface area contributed by atoms with Gasteiger partial charge >= 0.3 is 11.9 Å². The summed E-state index contributed by atoms with van der Waals surface area (Å²) >= 11 is 0. The van der Waals surface area contributed by atoms with Gasteiger partial charge in [-0.1, -0.05) is 0 Å². The van der Waals surface area contributed by atoms with Gasteiger partial charge in [0.25, 0.3) is 0 Å². The van der Waals surface area contributed by atoms with Gasteiger partial charge in [-0.05, 0) is 6.42 Å². The minimum atomic E-state index is -0.895. The van der Waals surface area contributed by atoms with Crippen LogP contribution in [-0.4, -0.2) is 11.9 Å². The quantitative estimate of drug-likeness (QED) is 0.447. The maximum absolute atomic E-state index is 13.0. The van der Waals surface area contributed by atoms with Crippen molar-refractivity contribution in [2.45, 2.75) is 19.3 Å². The SMILES string of the molecule is O=C(CCCC(=O)Oc1cc(F)cc(F)c1)Oc1cc(F)cc(F)c1. The van der Waals surface area contributed by atoms with Gasteiger partial charge in [0.2, 0.25) is 0 Å². The molecule has 2 aromatic carbocycles. The van der Waals surface area contributed by atoms with Crippen LogP contribution in [0, 0.1) is 23.3 Å². The van der Waals surface area contributed by atoms with E-state index in [1.807, 2.05) is 0 Å². The summed E-state index contributed by atoms with van der Waals surface area (Å²) in [6.07, 6.45) is -0.414. The summed E-state index contributed by atoms with van der Waals surface area (Å²) in [5, 5.41) is 0. The van der Waals surface area contributed by atoms with Crippen molar-refractivity contribution < 1.29 is 36.6 Å². The number of ether oxygens (including phenoxy) is 2. The fourth-order valence-electron chi connectivity index (χ4n) is 1.92. The number of esters is 2. The van der Waals surface area contributed by atoms with Crippen LogP contribution < -0.4 is 9.47 Å². The maximum atomic E-state index is 13.0. The summed E-state index contributed by atoms with van der Waals surface area (Å²) < 4.78 is 61.3. The molecule has 0 aliphatic heterocycles. The Morgan fingerprint density at radius 3 is 1.28 bits per heavy atom. The highest BCUT2D eigenvalue weighted by Crippen LogP contribution is 2.18. The summed E-state index contributed by atoms with van der Waals surface area (Å²) in [4.78, 5) is 23.1. The molecule has 0 saturated carbocycles. The fraction of sp³-hybridized carbons (Fsp3) is 0.176. The van der Waals surface area contributed by atoms with Crippen LogP contribution in [-0.2, 0) is 9.59 Å². The normalized spacial score (nSPS) is 10.4. The largest absolute Gasteiger partial charge is 0.426 e. The van der Waals surface area contributed by atoms with Gasteiger partial charge in [0.15, 0.2) is 0 Å². The number of halogens is 4. The van der Waals surface area contributed by atoms with Crippen LogP contribution in [0.15, 0.2) is 36.4 Å². The molecule has 2 rings (SSSR count). The molecule has 0 bridgehead atoms. The van der Waals surface area contributed by atoms with Crippen LogP contribution in [0.25, 0.3) is 0 Å². The van der Waals surface area contributed by atoms with Crippen LogP contribution in [0.4, 0.5) is 17.6 Å². The van der Waals surface area contributed by atoms with Crippen molar-refractivity contribution in [2.75, 3.05) is 0 Å². The van der Waals surface area contributed by atoms with Crippen LogP contribution in [0.3, 0.4) is 0 Å². The molecule has 25 heavy (non-hydrogen) atoms. The van der Waals surface area contributed by atoms with Gasteiger partial charge in [-0.2, -0.15) is 0 Å². The van der Waals surface area contributed by atoms with Gasteiger partial charge < -0.3 is 9.47 Å². The molecule has 2 aromatic rings. The van der Waals surface area contributed by atoms with Crippen molar-refractivity contribution in [2.24, 2.45) is 0 Å². The van der Waals surface area contributed by atoms with Crippen molar-refractivity contribution in [3.63, 3.8) is 0 Å². The first-order valence-corrected chi connectivity index (χ1v) is 7.15. The molecule has 8 heteroatoms. The van der Waals surface area contributed by atoms with Crippen molar-refractivity contribution in [1.29, 1.82) is 0 Å². The van der Waals surface area contributed by atoms with Crippen LogP contribution >= 0.6 is 0 Å². The highest BCUT2D eigenvalue weighted by molar-refractivity contribution is 5.75. The van der Waals surface area contributed by atoms with Crippen LogP contribution in [0.5, 0.6) is 11.5 Å². The summed E-state index contributed by atoms with van der Waals surface area (Å²) in [5.41, 5.74) is 0. The number of rotatable bonds is 6. The molecule has 0 heterocycles. The number of hydrogen-bond donors (Lipinski definition) is 0. The maximum Gasteiger partial charge on any atom is 0.311 e. The zero-order chi connectivity index (χ0) is 18.4. The third kappa shape index (κ3) is 6.25. The Morgan fingerprint density at radius 1 is 0.640 bits per heavy atom. The highest BCUT2D eigenvalue weighted by Gasteiger charge is 2.11. The molecule has 0 aliphatic carbocycles. The van der Waals surface area contributed by atoms with Gasteiger partial charge in [-0.25, -0.2) is 17.6 Å². The lowest BCUT2D eigenvalue weighted by Gasteiger charge is -2.06. The Kier molecular flexibility index (Phi) is 6.10. The molecule has 0 saturated heterocycles. The summed E-state index contributed by atoms with van der Waals surface area (Å²) in [6.45, 7) is 0. The molecule has 0 N–H and O–H groups in total. The highest BCUT2D eigenvalue weighted by atomic mass is 19.1. The van der Waals surface area contributed by atoms with Crippen molar-refractivity contribution in [1.82, 2.24) is 0 Å². The topological polar surface area (TPSA) is 52.6 Å². The van der Waals surface area contributed by atoms with E-state index in [1.165, 1.54) is 0 Å². The lowest BCUT2D eigenvalue weighted by molar-refractivity contribution is -0.136. The second-order valence-corrected chi connectivity index (χ2v) is 5.01. The molecule has 0 amide bonds. The van der Waals surface area contributed by atoms with E-state index < -0.39 is 35.2 Å². The van der Waals surface area contributed by atoms with E-state index in [9.17, 15) is 27.2 Å². The van der Waals surface area contributed by atoms with E-state index in [1.54, 1.807) is 0 Å². The first-order valence-electron chi connectivity index (χ1n) is 7.15. The van der Waals surface area contributed by atoms with Crippen molar-refractivity contribution >= 4 is 11.9 Å². The van der Waals surface area contributed by atoms with Crippen LogP contribution in [0.1, 0.15) is 19.3 Å². The Labute approximate surface area is 140 Å². The smallest absolute Gasteiger partial charge is 0.311 e. The molecular weight excluding hydrogens is 344 g/mol. The minimum absolute atomic E-state index is 0.0211. The molecule has 132 valence electrons. The van der Waals surface area contributed by atoms with Gasteiger partial charge in [0.1, 0.15) is 34.8 Å². The van der Waals surface area contributed by atoms with Gasteiger partial charge in [-0.3, -0.25) is 9.59 Å². The van der Waals surface area contributed by atoms with E-state index in [4.69, 9.17) is 9.47 Å². The first-order chi connectivity index (χ1) is 11.8. The second-order valence-electron chi connectivity index (χ2n) is 5.01. The Hall–Kier alpha value is -2.90. The Balaban J connectivity index is 1.77. The van der Waals surface area contributed by atoms with Crippen molar-refractivity contribution in [3.05, 3.63) is 59.7 Å². The lowest BCUT2D eigenvalue weighted by Crippen LogP contribution is -2.12. The number of hydrogen-bond acceptors (Lipinski definition) is 4. The minimum Gasteiger partial charge on any atom is -0.426 e. The monoisotopic (exact) mass is 356 g/mol. The zero-order valence-corrected chi connectivity index (χ0v) is 12.7. The molecular formula is C17H12F4O4. The molecule has 4 nitrogen and oxygen atoms in total. The third-order valence-corrected chi connectivity index (χ3v) is 2.90. The summed E-state index contributed by atoms with van der Waals surface area (Å²) in [7, 11) is 0. The van der Waals surface area contributed by atoms with Gasteiger partial charge in [-0.15, -0.1) is 0 Å². The van der Waals surface area contributed by atoms with E-state index in [0.29, 0.717) is 12.1 Å². The second kappa shape index (κ2) is 8.27.